The van der Waals surface area contributed by atoms with E-state index in [0.29, 0.717) is 24.4 Å². The minimum atomic E-state index is 0.308. The van der Waals surface area contributed by atoms with Crippen molar-refractivity contribution in [3.8, 4) is 0 Å². The average molecular weight is 317 g/mol. The third-order valence-electron chi connectivity index (χ3n) is 5.09. The summed E-state index contributed by atoms with van der Waals surface area (Å²) in [6, 6.07) is 9.36. The van der Waals surface area contributed by atoms with Crippen LogP contribution < -0.4 is 5.32 Å². The number of benzene rings is 1. The maximum atomic E-state index is 6.18. The summed E-state index contributed by atoms with van der Waals surface area (Å²) in [5.41, 5.74) is 2.89. The van der Waals surface area contributed by atoms with Gasteiger partial charge in [-0.15, -0.1) is 0 Å². The van der Waals surface area contributed by atoms with Crippen molar-refractivity contribution in [2.24, 2.45) is 0 Å². The zero-order valence-electron chi connectivity index (χ0n) is 14.6. The minimum Gasteiger partial charge on any atom is -0.375 e. The Morgan fingerprint density at radius 1 is 1.17 bits per heavy atom. The molecule has 1 fully saturated rings. The first-order valence-corrected chi connectivity index (χ1v) is 9.30. The molecule has 0 amide bonds. The van der Waals surface area contributed by atoms with Crippen LogP contribution in [0.3, 0.4) is 0 Å². The van der Waals surface area contributed by atoms with E-state index in [9.17, 15) is 0 Å². The summed E-state index contributed by atoms with van der Waals surface area (Å²) < 4.78 is 12.0. The van der Waals surface area contributed by atoms with Crippen LogP contribution in [0.1, 0.15) is 63.2 Å². The van der Waals surface area contributed by atoms with Crippen LogP contribution in [-0.2, 0) is 15.9 Å². The highest BCUT2D eigenvalue weighted by Gasteiger charge is 2.24. The Kier molecular flexibility index (Phi) is 6.09. The molecule has 23 heavy (non-hydrogen) atoms. The van der Waals surface area contributed by atoms with Crippen molar-refractivity contribution in [3.05, 3.63) is 35.4 Å². The molecule has 2 aliphatic rings. The number of fused-ring (bicyclic) bond motifs is 1. The fourth-order valence-corrected chi connectivity index (χ4v) is 4.06. The standard InChI is InChI=1S/C20H31NO2/c1-15-13-18(14-16(2)23-15)21-11-6-12-22-20-10-5-8-17-7-3-4-9-19(17)20/h3-4,7,9,15-16,18,20-21H,5-6,8,10-14H2,1-2H3/t15-,16+,18?,20-/m0/s1. The first-order valence-electron chi connectivity index (χ1n) is 9.30. The molecular formula is C20H31NO2. The predicted octanol–water partition coefficient (Wildman–Crippen LogP) is 4.02. The molecule has 3 heteroatoms. The molecule has 1 unspecified atom stereocenters. The van der Waals surface area contributed by atoms with Crippen molar-refractivity contribution in [2.75, 3.05) is 13.2 Å². The summed E-state index contributed by atoms with van der Waals surface area (Å²) in [5.74, 6) is 0. The first-order chi connectivity index (χ1) is 11.2. The molecule has 4 atom stereocenters. The summed E-state index contributed by atoms with van der Waals surface area (Å²) >= 11 is 0. The normalized spacial score (nSPS) is 30.9. The summed E-state index contributed by atoms with van der Waals surface area (Å²) in [4.78, 5) is 0. The lowest BCUT2D eigenvalue weighted by atomic mass is 9.89. The third kappa shape index (κ3) is 4.79. The van der Waals surface area contributed by atoms with Gasteiger partial charge in [0.15, 0.2) is 0 Å². The van der Waals surface area contributed by atoms with Gasteiger partial charge in [-0.25, -0.2) is 0 Å². The first kappa shape index (κ1) is 16.9. The van der Waals surface area contributed by atoms with Gasteiger partial charge < -0.3 is 14.8 Å². The van der Waals surface area contributed by atoms with Gasteiger partial charge in [0.1, 0.15) is 0 Å². The van der Waals surface area contributed by atoms with Crippen LogP contribution in [0.25, 0.3) is 0 Å². The van der Waals surface area contributed by atoms with Gasteiger partial charge in [0.05, 0.1) is 18.3 Å². The van der Waals surface area contributed by atoms with Crippen LogP contribution >= 0.6 is 0 Å². The zero-order chi connectivity index (χ0) is 16.1. The van der Waals surface area contributed by atoms with Gasteiger partial charge >= 0.3 is 0 Å². The van der Waals surface area contributed by atoms with E-state index in [-0.39, 0.29) is 0 Å². The summed E-state index contributed by atoms with van der Waals surface area (Å²) in [6.45, 7) is 6.24. The quantitative estimate of drug-likeness (QED) is 0.804. The van der Waals surface area contributed by atoms with Gasteiger partial charge in [-0.3, -0.25) is 0 Å². The number of rotatable bonds is 6. The molecular weight excluding hydrogens is 286 g/mol. The second-order valence-corrected chi connectivity index (χ2v) is 7.18. The fourth-order valence-electron chi connectivity index (χ4n) is 4.06. The number of hydrogen-bond donors (Lipinski definition) is 1. The molecule has 1 heterocycles. The Balaban J connectivity index is 1.36. The number of ether oxygens (including phenoxy) is 2. The Morgan fingerprint density at radius 3 is 2.78 bits per heavy atom. The molecule has 128 valence electrons. The third-order valence-corrected chi connectivity index (χ3v) is 5.09. The van der Waals surface area contributed by atoms with Gasteiger partial charge in [-0.05, 0) is 70.0 Å². The van der Waals surface area contributed by atoms with E-state index in [1.54, 1.807) is 0 Å². The highest BCUT2D eigenvalue weighted by Crippen LogP contribution is 2.32. The molecule has 0 saturated carbocycles. The Bertz CT molecular complexity index is 480. The zero-order valence-corrected chi connectivity index (χ0v) is 14.6. The van der Waals surface area contributed by atoms with Gasteiger partial charge in [0, 0.05) is 12.6 Å². The molecule has 3 nitrogen and oxygen atoms in total. The minimum absolute atomic E-state index is 0.308. The molecule has 0 spiro atoms. The van der Waals surface area contributed by atoms with Crippen LogP contribution in [-0.4, -0.2) is 31.4 Å². The predicted molar refractivity (Wildman–Crippen MR) is 93.7 cm³/mol. The maximum Gasteiger partial charge on any atom is 0.0827 e. The lowest BCUT2D eigenvalue weighted by Crippen LogP contribution is -2.41. The van der Waals surface area contributed by atoms with Crippen molar-refractivity contribution in [3.63, 3.8) is 0 Å². The summed E-state index contributed by atoms with van der Waals surface area (Å²) in [7, 11) is 0. The van der Waals surface area contributed by atoms with Crippen LogP contribution in [0.5, 0.6) is 0 Å². The molecule has 0 radical (unpaired) electrons. The summed E-state index contributed by atoms with van der Waals surface area (Å²) in [6.07, 6.45) is 8.02. The SMILES string of the molecule is C[C@@H]1CC(NCCCO[C@H]2CCCc3ccccc32)C[C@H](C)O1. The molecule has 1 aliphatic heterocycles. The second-order valence-electron chi connectivity index (χ2n) is 7.18. The van der Waals surface area contributed by atoms with Gasteiger partial charge in [0.25, 0.3) is 0 Å². The monoisotopic (exact) mass is 317 g/mol. The molecule has 0 bridgehead atoms. The highest BCUT2D eigenvalue weighted by atomic mass is 16.5. The molecule has 1 saturated heterocycles. The van der Waals surface area contributed by atoms with E-state index in [4.69, 9.17) is 9.47 Å². The second kappa shape index (κ2) is 8.27. The van der Waals surface area contributed by atoms with E-state index in [1.165, 1.54) is 30.4 Å². The van der Waals surface area contributed by atoms with Crippen LogP contribution in [0.15, 0.2) is 24.3 Å². The summed E-state index contributed by atoms with van der Waals surface area (Å²) in [5, 5.41) is 3.68. The van der Waals surface area contributed by atoms with E-state index >= 15 is 0 Å². The topological polar surface area (TPSA) is 30.5 Å². The molecule has 1 aliphatic carbocycles. The largest absolute Gasteiger partial charge is 0.375 e. The Hall–Kier alpha value is -0.900. The molecule has 1 N–H and O–H groups in total. The van der Waals surface area contributed by atoms with E-state index in [1.807, 2.05) is 0 Å². The maximum absolute atomic E-state index is 6.18. The fraction of sp³-hybridized carbons (Fsp3) is 0.700. The Morgan fingerprint density at radius 2 is 1.96 bits per heavy atom. The van der Waals surface area contributed by atoms with Crippen molar-refractivity contribution in [2.45, 2.75) is 76.7 Å². The smallest absolute Gasteiger partial charge is 0.0827 e. The van der Waals surface area contributed by atoms with Gasteiger partial charge in [-0.2, -0.15) is 0 Å². The molecule has 3 rings (SSSR count). The lowest BCUT2D eigenvalue weighted by Gasteiger charge is -2.32. The van der Waals surface area contributed by atoms with Crippen molar-refractivity contribution in [1.29, 1.82) is 0 Å². The van der Waals surface area contributed by atoms with Crippen LogP contribution in [0, 0.1) is 0 Å². The molecule has 1 aromatic carbocycles. The molecule has 0 aromatic heterocycles. The van der Waals surface area contributed by atoms with Gasteiger partial charge in [0.2, 0.25) is 0 Å². The van der Waals surface area contributed by atoms with Crippen molar-refractivity contribution < 1.29 is 9.47 Å². The number of hydrogen-bond acceptors (Lipinski definition) is 3. The van der Waals surface area contributed by atoms with Crippen molar-refractivity contribution in [1.82, 2.24) is 5.32 Å². The highest BCUT2D eigenvalue weighted by molar-refractivity contribution is 5.31. The van der Waals surface area contributed by atoms with E-state index < -0.39 is 0 Å². The van der Waals surface area contributed by atoms with Crippen LogP contribution in [0.4, 0.5) is 0 Å². The average Bonchev–Trinajstić information content (AvgIpc) is 2.54. The van der Waals surface area contributed by atoms with E-state index in [2.05, 4.69) is 43.4 Å². The van der Waals surface area contributed by atoms with Crippen LogP contribution in [0.2, 0.25) is 0 Å². The number of aryl methyl sites for hydroxylation is 1. The van der Waals surface area contributed by atoms with Gasteiger partial charge in [-0.1, -0.05) is 24.3 Å². The lowest BCUT2D eigenvalue weighted by molar-refractivity contribution is -0.0423. The number of nitrogens with one attached hydrogen (secondary N) is 1. The Labute approximate surface area is 140 Å². The van der Waals surface area contributed by atoms with Crippen molar-refractivity contribution >= 4 is 0 Å². The van der Waals surface area contributed by atoms with E-state index in [0.717, 1.165) is 32.4 Å². The molecule has 1 aromatic rings.